The van der Waals surface area contributed by atoms with Crippen molar-refractivity contribution in [1.29, 1.82) is 0 Å². The Labute approximate surface area is 72.6 Å². The van der Waals surface area contributed by atoms with E-state index in [4.69, 9.17) is 5.11 Å². The van der Waals surface area contributed by atoms with Crippen LogP contribution in [-0.2, 0) is 4.79 Å². The van der Waals surface area contributed by atoms with Gasteiger partial charge < -0.3 is 9.84 Å². The molecule has 0 aliphatic rings. The summed E-state index contributed by atoms with van der Waals surface area (Å²) in [5.74, 6) is -2.54. The largest absolute Gasteiger partial charge is 0.501 e. The van der Waals surface area contributed by atoms with Crippen molar-refractivity contribution in [3.05, 3.63) is 30.3 Å². The summed E-state index contributed by atoms with van der Waals surface area (Å²) >= 11 is 0. The van der Waals surface area contributed by atoms with Crippen molar-refractivity contribution in [3.8, 4) is 5.75 Å². The Bertz CT molecular complexity index is 298. The summed E-state index contributed by atoms with van der Waals surface area (Å²) in [6.07, 6.45) is -4.19. The van der Waals surface area contributed by atoms with Crippen molar-refractivity contribution in [3.63, 3.8) is 0 Å². The van der Waals surface area contributed by atoms with Crippen LogP contribution in [0.15, 0.2) is 24.3 Å². The molecule has 0 aliphatic carbocycles. The number of benzene rings is 1. The highest BCUT2D eigenvalue weighted by molar-refractivity contribution is 5.73. The van der Waals surface area contributed by atoms with Gasteiger partial charge in [0.15, 0.2) is 0 Å². The first-order valence-corrected chi connectivity index (χ1v) is 3.29. The molecule has 0 amide bonds. The Kier molecular flexibility index (Phi) is 2.46. The molecule has 0 saturated heterocycles. The minimum absolute atomic E-state index is 0.217. The number of carboxylic acid groups (broad SMARTS) is 1. The average Bonchev–Trinajstić information content (AvgIpc) is 2.05. The summed E-state index contributed by atoms with van der Waals surface area (Å²) < 4.78 is 28.7. The first-order valence-electron chi connectivity index (χ1n) is 3.29. The molecule has 0 atom stereocenters. The monoisotopic (exact) mass is 187 g/mol. The molecule has 0 aromatic heterocycles. The molecular weight excluding hydrogens is 182 g/mol. The van der Waals surface area contributed by atoms with Gasteiger partial charge in [0.2, 0.25) is 0 Å². The van der Waals surface area contributed by atoms with E-state index in [-0.39, 0.29) is 5.75 Å². The number of hydrogen-bond donors (Lipinski definition) is 1. The molecule has 1 rings (SSSR count). The molecule has 0 spiro atoms. The Morgan fingerprint density at radius 1 is 1.46 bits per heavy atom. The zero-order valence-electron chi connectivity index (χ0n) is 6.33. The molecule has 0 fully saturated rings. The lowest BCUT2D eigenvalue weighted by molar-refractivity contribution is -0.210. The minimum Gasteiger partial charge on any atom is -0.474 e. The lowest BCUT2D eigenvalue weighted by Crippen LogP contribution is -2.34. The fourth-order valence-electron chi connectivity index (χ4n) is 0.631. The van der Waals surface area contributed by atoms with Gasteiger partial charge in [0.05, 0.1) is 0 Å². The fourth-order valence-corrected chi connectivity index (χ4v) is 0.631. The number of halogens is 2. The lowest BCUT2D eigenvalue weighted by atomic mass is 10.3. The third-order valence-electron chi connectivity index (χ3n) is 1.18. The second-order valence-corrected chi connectivity index (χ2v) is 2.16. The van der Waals surface area contributed by atoms with Gasteiger partial charge in [0.25, 0.3) is 0 Å². The van der Waals surface area contributed by atoms with Gasteiger partial charge in [-0.15, -0.1) is 0 Å². The van der Waals surface area contributed by atoms with Gasteiger partial charge >= 0.3 is 12.1 Å². The average molecular weight is 187 g/mol. The molecule has 3 nitrogen and oxygen atoms in total. The third kappa shape index (κ3) is 2.40. The number of alkyl halides is 2. The van der Waals surface area contributed by atoms with E-state index in [1.165, 1.54) is 24.3 Å². The third-order valence-corrected chi connectivity index (χ3v) is 1.18. The molecule has 5 heteroatoms. The van der Waals surface area contributed by atoms with Crippen LogP contribution >= 0.6 is 0 Å². The van der Waals surface area contributed by atoms with Crippen LogP contribution in [0.3, 0.4) is 0 Å². The summed E-state index contributed by atoms with van der Waals surface area (Å²) in [5, 5.41) is 8.02. The van der Waals surface area contributed by atoms with Crippen LogP contribution in [0.4, 0.5) is 8.78 Å². The molecule has 13 heavy (non-hydrogen) atoms. The summed E-state index contributed by atoms with van der Waals surface area (Å²) in [7, 11) is 0. The highest BCUT2D eigenvalue weighted by Gasteiger charge is 2.42. The highest BCUT2D eigenvalue weighted by atomic mass is 19.3. The number of carboxylic acids is 1. The zero-order chi connectivity index (χ0) is 9.90. The van der Waals surface area contributed by atoms with Gasteiger partial charge in [-0.25, -0.2) is 4.79 Å². The lowest BCUT2D eigenvalue weighted by Gasteiger charge is -2.12. The van der Waals surface area contributed by atoms with Crippen LogP contribution in [0.5, 0.6) is 5.75 Å². The first kappa shape index (κ1) is 9.44. The van der Waals surface area contributed by atoms with Crippen molar-refractivity contribution in [2.45, 2.75) is 6.11 Å². The van der Waals surface area contributed by atoms with Crippen molar-refractivity contribution in [2.24, 2.45) is 0 Å². The Morgan fingerprint density at radius 2 is 2.00 bits per heavy atom. The number of ether oxygens (including phenoxy) is 1. The molecule has 69 valence electrons. The van der Waals surface area contributed by atoms with Crippen LogP contribution in [0, 0.1) is 6.07 Å². The summed E-state index contributed by atoms with van der Waals surface area (Å²) in [6.45, 7) is 0. The maximum Gasteiger partial charge on any atom is 0.501 e. The number of hydrogen-bond acceptors (Lipinski definition) is 2. The van der Waals surface area contributed by atoms with Crippen molar-refractivity contribution < 1.29 is 23.4 Å². The Hall–Kier alpha value is -1.65. The fraction of sp³-hybridized carbons (Fsp3) is 0.125. The molecule has 0 saturated carbocycles. The molecule has 0 unspecified atom stereocenters. The molecule has 1 N–H and O–H groups in total. The van der Waals surface area contributed by atoms with Crippen LogP contribution in [-0.4, -0.2) is 17.2 Å². The van der Waals surface area contributed by atoms with Gasteiger partial charge in [-0.2, -0.15) is 8.78 Å². The van der Waals surface area contributed by atoms with Crippen LogP contribution in [0.1, 0.15) is 0 Å². The van der Waals surface area contributed by atoms with E-state index in [1.54, 1.807) is 0 Å². The second kappa shape index (κ2) is 3.38. The van der Waals surface area contributed by atoms with Gasteiger partial charge in [0, 0.05) is 0 Å². The summed E-state index contributed by atoms with van der Waals surface area (Å²) in [4.78, 5) is 9.94. The summed E-state index contributed by atoms with van der Waals surface area (Å²) in [6, 6.07) is 7.64. The highest BCUT2D eigenvalue weighted by Crippen LogP contribution is 2.20. The smallest absolute Gasteiger partial charge is 0.474 e. The van der Waals surface area contributed by atoms with Crippen molar-refractivity contribution in [2.75, 3.05) is 0 Å². The molecule has 1 aromatic carbocycles. The van der Waals surface area contributed by atoms with E-state index in [9.17, 15) is 13.6 Å². The van der Waals surface area contributed by atoms with Gasteiger partial charge in [0.1, 0.15) is 5.75 Å². The van der Waals surface area contributed by atoms with E-state index in [0.717, 1.165) is 0 Å². The van der Waals surface area contributed by atoms with Crippen LogP contribution in [0.2, 0.25) is 0 Å². The van der Waals surface area contributed by atoms with Crippen LogP contribution in [0.25, 0.3) is 0 Å². The molecule has 0 bridgehead atoms. The molecular formula is C8H5F2O3. The zero-order valence-corrected chi connectivity index (χ0v) is 6.33. The van der Waals surface area contributed by atoms with E-state index < -0.39 is 12.1 Å². The minimum atomic E-state index is -4.19. The predicted octanol–water partition coefficient (Wildman–Crippen LogP) is 1.54. The van der Waals surface area contributed by atoms with Gasteiger partial charge in [-0.1, -0.05) is 12.1 Å². The quantitative estimate of drug-likeness (QED) is 0.780. The van der Waals surface area contributed by atoms with Crippen molar-refractivity contribution in [1.82, 2.24) is 0 Å². The van der Waals surface area contributed by atoms with Gasteiger partial charge in [-0.3, -0.25) is 0 Å². The van der Waals surface area contributed by atoms with E-state index in [1.807, 2.05) is 0 Å². The van der Waals surface area contributed by atoms with E-state index >= 15 is 0 Å². The topological polar surface area (TPSA) is 46.5 Å². The first-order chi connectivity index (χ1) is 6.02. The normalized spacial score (nSPS) is 10.9. The number of rotatable bonds is 3. The summed E-state index contributed by atoms with van der Waals surface area (Å²) in [5.41, 5.74) is 0. The predicted molar refractivity (Wildman–Crippen MR) is 38.5 cm³/mol. The maximum absolute atomic E-state index is 12.4. The van der Waals surface area contributed by atoms with Crippen molar-refractivity contribution >= 4 is 5.97 Å². The number of carbonyl (C=O) groups is 1. The second-order valence-electron chi connectivity index (χ2n) is 2.16. The van der Waals surface area contributed by atoms with Gasteiger partial charge in [-0.05, 0) is 18.2 Å². The Balaban J connectivity index is 2.75. The standard InChI is InChI=1S/C8H5F2O3/c9-8(10,7(11)12)13-6-4-2-1-3-5-6/h2-5H,(H,11,12). The van der Waals surface area contributed by atoms with Crippen LogP contribution < -0.4 is 4.74 Å². The molecule has 1 radical (unpaired) electrons. The van der Waals surface area contributed by atoms with E-state index in [2.05, 4.69) is 10.8 Å². The molecule has 0 aliphatic heterocycles. The van der Waals surface area contributed by atoms with E-state index in [0.29, 0.717) is 0 Å². The Morgan fingerprint density at radius 3 is 2.46 bits per heavy atom. The molecule has 1 aromatic rings. The maximum atomic E-state index is 12.4. The molecule has 0 heterocycles. The number of aliphatic carboxylic acids is 1. The SMILES string of the molecule is O=C(O)C(F)(F)Oc1cc[c]cc1.